The predicted octanol–water partition coefficient (Wildman–Crippen LogP) is -0.0680. The van der Waals surface area contributed by atoms with Crippen molar-refractivity contribution in [1.82, 2.24) is 5.32 Å². The van der Waals surface area contributed by atoms with E-state index >= 15 is 0 Å². The lowest BCUT2D eigenvalue weighted by Crippen LogP contribution is -2.32. The highest BCUT2D eigenvalue weighted by Crippen LogP contribution is 2.04. The third-order valence-electron chi connectivity index (χ3n) is 0.932. The number of hydrogen-bond donors (Lipinski definition) is 2. The molecule has 0 saturated carbocycles. The van der Waals surface area contributed by atoms with Gasteiger partial charge in [0, 0.05) is 6.42 Å². The van der Waals surface area contributed by atoms with Crippen molar-refractivity contribution in [2.75, 3.05) is 6.61 Å². The molecule has 1 amide bonds. The van der Waals surface area contributed by atoms with E-state index in [0.717, 1.165) is 0 Å². The van der Waals surface area contributed by atoms with E-state index in [0.29, 0.717) is 13.0 Å². The van der Waals surface area contributed by atoms with Crippen molar-refractivity contribution in [3.8, 4) is 0 Å². The number of carboxylic acid groups (broad SMARTS) is 1. The summed E-state index contributed by atoms with van der Waals surface area (Å²) in [6.45, 7) is 0.449. The molecule has 1 aliphatic heterocycles. The van der Waals surface area contributed by atoms with Crippen molar-refractivity contribution in [3.05, 3.63) is 0 Å². The summed E-state index contributed by atoms with van der Waals surface area (Å²) in [5.74, 6) is 0. The van der Waals surface area contributed by atoms with Crippen LogP contribution in [0.1, 0.15) is 6.42 Å². The minimum atomic E-state index is -1.09. The van der Waals surface area contributed by atoms with E-state index in [1.165, 1.54) is 0 Å². The fourth-order valence-corrected chi connectivity index (χ4v) is 0.567. The second-order valence-corrected chi connectivity index (χ2v) is 1.65. The number of hydrogen-bond acceptors (Lipinski definition) is 3. The van der Waals surface area contributed by atoms with Gasteiger partial charge in [-0.15, -0.1) is 0 Å². The number of rotatable bonds is 1. The van der Waals surface area contributed by atoms with Gasteiger partial charge in [-0.2, -0.15) is 0 Å². The molecule has 1 heterocycles. The standard InChI is InChI=1S/C4H7NO4/c6-4(7)5-3-1-2-8-9-3/h3,5H,1-2H2,(H,6,7). The lowest BCUT2D eigenvalue weighted by atomic mass is 10.4. The van der Waals surface area contributed by atoms with Gasteiger partial charge in [0.1, 0.15) is 0 Å². The molecule has 9 heavy (non-hydrogen) atoms. The third kappa shape index (κ3) is 1.87. The molecule has 52 valence electrons. The van der Waals surface area contributed by atoms with Crippen molar-refractivity contribution in [2.45, 2.75) is 12.6 Å². The van der Waals surface area contributed by atoms with Crippen LogP contribution in [0.25, 0.3) is 0 Å². The first-order chi connectivity index (χ1) is 4.29. The molecule has 0 bridgehead atoms. The van der Waals surface area contributed by atoms with Crippen LogP contribution in [-0.4, -0.2) is 24.0 Å². The largest absolute Gasteiger partial charge is 0.465 e. The van der Waals surface area contributed by atoms with Gasteiger partial charge in [0.2, 0.25) is 0 Å². The molecule has 1 rings (SSSR count). The highest BCUT2D eigenvalue weighted by molar-refractivity contribution is 5.64. The summed E-state index contributed by atoms with van der Waals surface area (Å²) >= 11 is 0. The highest BCUT2D eigenvalue weighted by atomic mass is 17.2. The maximum absolute atomic E-state index is 9.91. The Hall–Kier alpha value is -0.810. The highest BCUT2D eigenvalue weighted by Gasteiger charge is 2.18. The molecule has 1 atom stereocenters. The average molecular weight is 133 g/mol. The minimum absolute atomic E-state index is 0.449. The Morgan fingerprint density at radius 3 is 3.00 bits per heavy atom. The molecule has 1 fully saturated rings. The molecule has 5 heteroatoms. The van der Waals surface area contributed by atoms with Gasteiger partial charge in [0.15, 0.2) is 6.23 Å². The molecule has 1 unspecified atom stereocenters. The Labute approximate surface area is 51.5 Å². The van der Waals surface area contributed by atoms with Crippen LogP contribution in [0, 0.1) is 0 Å². The zero-order valence-electron chi connectivity index (χ0n) is 4.66. The number of amides is 1. The molecule has 0 aromatic rings. The van der Waals surface area contributed by atoms with Crippen LogP contribution < -0.4 is 5.32 Å². The summed E-state index contributed by atoms with van der Waals surface area (Å²) in [5, 5.41) is 10.2. The fraction of sp³-hybridized carbons (Fsp3) is 0.750. The van der Waals surface area contributed by atoms with E-state index in [-0.39, 0.29) is 0 Å². The lowest BCUT2D eigenvalue weighted by molar-refractivity contribution is -0.277. The predicted molar refractivity (Wildman–Crippen MR) is 26.6 cm³/mol. The fourth-order valence-electron chi connectivity index (χ4n) is 0.567. The van der Waals surface area contributed by atoms with E-state index in [1.54, 1.807) is 0 Å². The first-order valence-corrected chi connectivity index (χ1v) is 2.57. The Bertz CT molecular complexity index is 109. The summed E-state index contributed by atoms with van der Waals surface area (Å²) in [6, 6.07) is 0. The molecule has 5 nitrogen and oxygen atoms in total. The van der Waals surface area contributed by atoms with Crippen LogP contribution in [0.3, 0.4) is 0 Å². The molecule has 0 spiro atoms. The first-order valence-electron chi connectivity index (χ1n) is 2.57. The van der Waals surface area contributed by atoms with Crippen LogP contribution >= 0.6 is 0 Å². The quantitative estimate of drug-likeness (QED) is 0.491. The zero-order valence-corrected chi connectivity index (χ0v) is 4.66. The van der Waals surface area contributed by atoms with Crippen LogP contribution in [0.15, 0.2) is 0 Å². The van der Waals surface area contributed by atoms with Gasteiger partial charge < -0.3 is 5.11 Å². The average Bonchev–Trinajstić information content (AvgIpc) is 2.15. The summed E-state index contributed by atoms with van der Waals surface area (Å²) in [7, 11) is 0. The molecule has 0 aromatic heterocycles. The Morgan fingerprint density at radius 2 is 2.56 bits per heavy atom. The second-order valence-electron chi connectivity index (χ2n) is 1.65. The second kappa shape index (κ2) is 2.65. The molecule has 2 N–H and O–H groups in total. The Morgan fingerprint density at radius 1 is 1.78 bits per heavy atom. The van der Waals surface area contributed by atoms with Crippen LogP contribution in [0.5, 0.6) is 0 Å². The maximum atomic E-state index is 9.91. The van der Waals surface area contributed by atoms with E-state index in [9.17, 15) is 4.79 Å². The van der Waals surface area contributed by atoms with Crippen molar-refractivity contribution < 1.29 is 19.7 Å². The molecule has 0 aromatic carbocycles. The van der Waals surface area contributed by atoms with Crippen molar-refractivity contribution in [1.29, 1.82) is 0 Å². The van der Waals surface area contributed by atoms with Crippen LogP contribution in [-0.2, 0) is 9.78 Å². The summed E-state index contributed by atoms with van der Waals surface area (Å²) < 4.78 is 0. The maximum Gasteiger partial charge on any atom is 0.406 e. The molecule has 1 aliphatic rings. The summed E-state index contributed by atoms with van der Waals surface area (Å²) in [6.07, 6.45) is -1.00. The molecular formula is C4H7NO4. The van der Waals surface area contributed by atoms with Crippen molar-refractivity contribution in [2.24, 2.45) is 0 Å². The van der Waals surface area contributed by atoms with Gasteiger partial charge in [-0.05, 0) is 0 Å². The van der Waals surface area contributed by atoms with Gasteiger partial charge in [-0.3, -0.25) is 5.32 Å². The molecule has 0 aliphatic carbocycles. The van der Waals surface area contributed by atoms with Gasteiger partial charge in [-0.25, -0.2) is 14.6 Å². The Kier molecular flexibility index (Phi) is 1.86. The topological polar surface area (TPSA) is 67.8 Å². The third-order valence-corrected chi connectivity index (χ3v) is 0.932. The van der Waals surface area contributed by atoms with E-state index < -0.39 is 12.3 Å². The number of nitrogens with one attached hydrogen (secondary N) is 1. The van der Waals surface area contributed by atoms with Crippen molar-refractivity contribution in [3.63, 3.8) is 0 Å². The number of carbonyl (C=O) groups is 1. The van der Waals surface area contributed by atoms with Gasteiger partial charge in [-0.1, -0.05) is 0 Å². The summed E-state index contributed by atoms with van der Waals surface area (Å²) in [4.78, 5) is 18.8. The van der Waals surface area contributed by atoms with E-state index in [4.69, 9.17) is 5.11 Å². The minimum Gasteiger partial charge on any atom is -0.465 e. The Balaban J connectivity index is 2.19. The zero-order chi connectivity index (χ0) is 6.69. The lowest BCUT2D eigenvalue weighted by Gasteiger charge is -2.03. The van der Waals surface area contributed by atoms with E-state index in [1.807, 2.05) is 0 Å². The van der Waals surface area contributed by atoms with Crippen molar-refractivity contribution >= 4 is 6.09 Å². The van der Waals surface area contributed by atoms with Gasteiger partial charge in [0.25, 0.3) is 0 Å². The van der Waals surface area contributed by atoms with E-state index in [2.05, 4.69) is 15.1 Å². The smallest absolute Gasteiger partial charge is 0.406 e. The first kappa shape index (κ1) is 6.31. The molecule has 1 saturated heterocycles. The van der Waals surface area contributed by atoms with Crippen LogP contribution in [0.2, 0.25) is 0 Å². The monoisotopic (exact) mass is 133 g/mol. The van der Waals surface area contributed by atoms with Gasteiger partial charge >= 0.3 is 6.09 Å². The molecular weight excluding hydrogens is 126 g/mol. The summed E-state index contributed by atoms with van der Waals surface area (Å²) in [5.41, 5.74) is 0. The van der Waals surface area contributed by atoms with Gasteiger partial charge in [0.05, 0.1) is 6.61 Å². The van der Waals surface area contributed by atoms with Crippen LogP contribution in [0.4, 0.5) is 4.79 Å². The molecule has 0 radical (unpaired) electrons. The SMILES string of the molecule is O=C(O)NC1CCOO1. The normalized spacial score (nSPS) is 26.0.